The molecule has 1 heterocycles. The third-order valence-corrected chi connectivity index (χ3v) is 1.78. The fraction of sp³-hybridized carbons (Fsp3) is 0.250. The van der Waals surface area contributed by atoms with E-state index in [1.54, 1.807) is 6.07 Å². The van der Waals surface area contributed by atoms with Crippen molar-refractivity contribution in [1.82, 2.24) is 4.98 Å². The molecule has 0 bridgehead atoms. The Morgan fingerprint density at radius 3 is 2.69 bits per heavy atom. The molecule has 1 rings (SSSR count). The summed E-state index contributed by atoms with van der Waals surface area (Å²) in [6, 6.07) is 2.41. The van der Waals surface area contributed by atoms with E-state index in [1.807, 2.05) is 4.98 Å². The maximum atomic E-state index is 12.4. The van der Waals surface area contributed by atoms with E-state index >= 15 is 0 Å². The van der Waals surface area contributed by atoms with Crippen molar-refractivity contribution in [2.24, 2.45) is 0 Å². The van der Waals surface area contributed by atoms with Gasteiger partial charge < -0.3 is 10.1 Å². The Morgan fingerprint density at radius 2 is 2.25 bits per heavy atom. The lowest BCUT2D eigenvalue weighted by molar-refractivity contribution is -0.391. The fourth-order valence-corrected chi connectivity index (χ4v) is 1.14. The number of nitrogens with one attached hydrogen (secondary N) is 1. The van der Waals surface area contributed by atoms with Gasteiger partial charge in [0.15, 0.2) is 11.0 Å². The number of halogens is 2. The number of pyridine rings is 1. The van der Waals surface area contributed by atoms with Crippen molar-refractivity contribution in [3.63, 3.8) is 0 Å². The van der Waals surface area contributed by atoms with Crippen molar-refractivity contribution in [3.05, 3.63) is 37.7 Å². The number of hydrogen-bond acceptors (Lipinski definition) is 4. The lowest BCUT2D eigenvalue weighted by atomic mass is 10.2. The van der Waals surface area contributed by atoms with E-state index in [0.717, 1.165) is 6.07 Å². The highest BCUT2D eigenvalue weighted by Crippen LogP contribution is 2.23. The first-order valence-corrected chi connectivity index (χ1v) is 4.03. The summed E-state index contributed by atoms with van der Waals surface area (Å²) in [5.74, 6) is -1.06. The Hall–Kier alpha value is -2.30. The van der Waals surface area contributed by atoms with Gasteiger partial charge in [0.2, 0.25) is 0 Å². The zero-order chi connectivity index (χ0) is 12.3. The third-order valence-electron chi connectivity index (χ3n) is 1.78. The minimum atomic E-state index is -3.24. The average molecular weight is 229 g/mol. The van der Waals surface area contributed by atoms with Crippen LogP contribution in [0.25, 0.3) is 0 Å². The van der Waals surface area contributed by atoms with E-state index in [0.29, 0.717) is 0 Å². The summed E-state index contributed by atoms with van der Waals surface area (Å²) >= 11 is 0. The molecule has 0 unspecified atom stereocenters. The van der Waals surface area contributed by atoms with Crippen LogP contribution < -0.4 is 5.43 Å². The van der Waals surface area contributed by atoms with Gasteiger partial charge in [-0.05, 0) is 4.92 Å². The van der Waals surface area contributed by atoms with Gasteiger partial charge in [-0.3, -0.25) is 4.79 Å². The number of nitro groups is 1. The third kappa shape index (κ3) is 2.20. The van der Waals surface area contributed by atoms with Crippen molar-refractivity contribution >= 4 is 5.82 Å². The maximum Gasteiger partial charge on any atom is 0.333 e. The summed E-state index contributed by atoms with van der Waals surface area (Å²) in [6.45, 7) is 0. The van der Waals surface area contributed by atoms with E-state index in [-0.39, 0.29) is 12.1 Å². The van der Waals surface area contributed by atoms with Crippen molar-refractivity contribution in [3.8, 4) is 6.07 Å². The summed E-state index contributed by atoms with van der Waals surface area (Å²) in [6.07, 6.45) is -3.53. The Bertz CT molecular complexity index is 518. The Morgan fingerprint density at radius 1 is 1.62 bits per heavy atom. The minimum Gasteiger partial charge on any atom is -0.358 e. The fourth-order valence-electron chi connectivity index (χ4n) is 1.14. The van der Waals surface area contributed by atoms with Crippen LogP contribution in [0, 0.1) is 21.4 Å². The van der Waals surface area contributed by atoms with E-state index in [9.17, 15) is 23.7 Å². The predicted octanol–water partition coefficient (Wildman–Crippen LogP) is 1.29. The van der Waals surface area contributed by atoms with Crippen LogP contribution in [-0.2, 0) is 6.42 Å². The number of nitrogens with zero attached hydrogens (tertiary/aromatic N) is 2. The topological polar surface area (TPSA) is 99.8 Å². The summed E-state index contributed by atoms with van der Waals surface area (Å²) in [4.78, 5) is 22.5. The molecule has 0 fully saturated rings. The van der Waals surface area contributed by atoms with Crippen LogP contribution in [0.3, 0.4) is 0 Å². The van der Waals surface area contributed by atoms with Gasteiger partial charge in [-0.25, -0.2) is 13.8 Å². The molecule has 6 nitrogen and oxygen atoms in total. The van der Waals surface area contributed by atoms with Crippen LogP contribution in [0.2, 0.25) is 0 Å². The number of aromatic amines is 1. The SMILES string of the molecule is N#CCc1cc(=O)c(C(F)F)c([N+](=O)[O-])[nH]1. The Balaban J connectivity index is 3.47. The first kappa shape index (κ1) is 11.8. The molecule has 0 spiro atoms. The van der Waals surface area contributed by atoms with Gasteiger partial charge in [0.05, 0.1) is 12.5 Å². The van der Waals surface area contributed by atoms with Crippen LogP contribution in [-0.4, -0.2) is 9.91 Å². The number of H-pyrrole nitrogens is 1. The largest absolute Gasteiger partial charge is 0.358 e. The van der Waals surface area contributed by atoms with E-state index in [2.05, 4.69) is 0 Å². The van der Waals surface area contributed by atoms with Crippen molar-refractivity contribution in [2.45, 2.75) is 12.8 Å². The second-order valence-electron chi connectivity index (χ2n) is 2.81. The van der Waals surface area contributed by atoms with Gasteiger partial charge in [-0.15, -0.1) is 0 Å². The number of rotatable bonds is 3. The summed E-state index contributed by atoms with van der Waals surface area (Å²) < 4.78 is 24.8. The van der Waals surface area contributed by atoms with Crippen molar-refractivity contribution in [2.75, 3.05) is 0 Å². The van der Waals surface area contributed by atoms with E-state index in [4.69, 9.17) is 5.26 Å². The molecule has 1 N–H and O–H groups in total. The first-order chi connectivity index (χ1) is 7.47. The first-order valence-electron chi connectivity index (χ1n) is 4.03. The molecule has 1 aromatic heterocycles. The molecule has 1 aromatic rings. The van der Waals surface area contributed by atoms with Gasteiger partial charge in [-0.1, -0.05) is 0 Å². The second-order valence-corrected chi connectivity index (χ2v) is 2.81. The zero-order valence-electron chi connectivity index (χ0n) is 7.74. The van der Waals surface area contributed by atoms with Crippen LogP contribution in [0.5, 0.6) is 0 Å². The molecular formula is C8H5F2N3O3. The molecule has 16 heavy (non-hydrogen) atoms. The van der Waals surface area contributed by atoms with Crippen molar-refractivity contribution < 1.29 is 13.7 Å². The van der Waals surface area contributed by atoms with Crippen molar-refractivity contribution in [1.29, 1.82) is 5.26 Å². The van der Waals surface area contributed by atoms with Gasteiger partial charge in [0.1, 0.15) is 5.69 Å². The van der Waals surface area contributed by atoms with Crippen LogP contribution >= 0.6 is 0 Å². The smallest absolute Gasteiger partial charge is 0.333 e. The molecule has 0 aromatic carbocycles. The van der Waals surface area contributed by atoms with Crippen LogP contribution in [0.1, 0.15) is 17.7 Å². The average Bonchev–Trinajstić information content (AvgIpc) is 2.16. The quantitative estimate of drug-likeness (QED) is 0.623. The molecule has 84 valence electrons. The highest BCUT2D eigenvalue weighted by atomic mass is 19.3. The molecule has 0 atom stereocenters. The van der Waals surface area contributed by atoms with E-state index < -0.39 is 28.2 Å². The minimum absolute atomic E-state index is 0.0661. The molecule has 0 aliphatic carbocycles. The summed E-state index contributed by atoms with van der Waals surface area (Å²) in [5, 5.41) is 18.8. The Labute approximate surface area is 87.3 Å². The number of aromatic nitrogens is 1. The van der Waals surface area contributed by atoms with Crippen LogP contribution in [0.15, 0.2) is 10.9 Å². The molecule has 0 saturated heterocycles. The number of nitriles is 1. The number of alkyl halides is 2. The lowest BCUT2D eigenvalue weighted by Crippen LogP contribution is -2.15. The lowest BCUT2D eigenvalue weighted by Gasteiger charge is -2.02. The maximum absolute atomic E-state index is 12.4. The molecule has 0 aliphatic rings. The predicted molar refractivity (Wildman–Crippen MR) is 48.0 cm³/mol. The Kier molecular flexibility index (Phi) is 3.30. The zero-order valence-corrected chi connectivity index (χ0v) is 7.74. The normalized spacial score (nSPS) is 10.1. The molecular weight excluding hydrogens is 224 g/mol. The highest BCUT2D eigenvalue weighted by molar-refractivity contribution is 5.35. The summed E-state index contributed by atoms with van der Waals surface area (Å²) in [7, 11) is 0. The summed E-state index contributed by atoms with van der Waals surface area (Å²) in [5.41, 5.74) is -2.40. The molecule has 0 saturated carbocycles. The number of hydrogen-bond donors (Lipinski definition) is 1. The molecule has 0 aliphatic heterocycles. The van der Waals surface area contributed by atoms with Crippen LogP contribution in [0.4, 0.5) is 14.6 Å². The van der Waals surface area contributed by atoms with Gasteiger partial charge in [0.25, 0.3) is 6.43 Å². The van der Waals surface area contributed by atoms with Gasteiger partial charge >= 0.3 is 5.82 Å². The molecule has 8 heteroatoms. The monoisotopic (exact) mass is 229 g/mol. The molecule has 0 radical (unpaired) electrons. The van der Waals surface area contributed by atoms with Gasteiger partial charge in [-0.2, -0.15) is 5.26 Å². The second kappa shape index (κ2) is 4.48. The van der Waals surface area contributed by atoms with Gasteiger partial charge in [0, 0.05) is 6.07 Å². The highest BCUT2D eigenvalue weighted by Gasteiger charge is 2.25. The standard InChI is InChI=1S/C8H5F2N3O3/c9-7(10)6-5(14)3-4(1-2-11)12-8(6)13(15)16/h3,7H,1H2,(H,12,14). The van der Waals surface area contributed by atoms with E-state index in [1.165, 1.54) is 0 Å². The molecule has 0 amide bonds.